The van der Waals surface area contributed by atoms with Crippen molar-refractivity contribution in [1.82, 2.24) is 9.80 Å². The molecule has 0 atom stereocenters. The number of carbonyl (C=O) groups is 1. The van der Waals surface area contributed by atoms with Gasteiger partial charge in [0.05, 0.1) is 6.54 Å². The number of carbonyl (C=O) groups excluding carboxylic acids is 1. The maximum absolute atomic E-state index is 11.6. The molecule has 1 amide bonds. The van der Waals surface area contributed by atoms with Gasteiger partial charge in [-0.05, 0) is 27.2 Å². The topological polar surface area (TPSA) is 23.6 Å². The standard InChI is InChI=1S/C10H20N2O/c1-10(2,3)12-7-5-6-11(4)9(13)8-12/h5-8H2,1-4H3. The normalized spacial score (nSPS) is 21.8. The van der Waals surface area contributed by atoms with E-state index in [1.54, 1.807) is 0 Å². The molecule has 13 heavy (non-hydrogen) atoms. The fourth-order valence-corrected chi connectivity index (χ4v) is 1.56. The lowest BCUT2D eigenvalue weighted by Gasteiger charge is -2.33. The van der Waals surface area contributed by atoms with Crippen LogP contribution in [0.25, 0.3) is 0 Å². The second-order valence-electron chi connectivity index (χ2n) is 4.76. The van der Waals surface area contributed by atoms with Crippen LogP contribution in [-0.2, 0) is 4.79 Å². The Morgan fingerprint density at radius 1 is 1.23 bits per heavy atom. The molecule has 0 aromatic carbocycles. The predicted octanol–water partition coefficient (Wildman–Crippen LogP) is 0.949. The molecule has 1 rings (SSSR count). The molecular weight excluding hydrogens is 164 g/mol. The van der Waals surface area contributed by atoms with E-state index >= 15 is 0 Å². The zero-order valence-electron chi connectivity index (χ0n) is 9.13. The molecule has 1 heterocycles. The molecule has 0 aliphatic carbocycles. The molecule has 3 nitrogen and oxygen atoms in total. The lowest BCUT2D eigenvalue weighted by Crippen LogP contribution is -2.45. The van der Waals surface area contributed by atoms with Crippen LogP contribution in [0.5, 0.6) is 0 Å². The van der Waals surface area contributed by atoms with Crippen molar-refractivity contribution in [3.05, 3.63) is 0 Å². The lowest BCUT2D eigenvalue weighted by molar-refractivity contribution is -0.130. The van der Waals surface area contributed by atoms with E-state index in [1.165, 1.54) is 0 Å². The summed E-state index contributed by atoms with van der Waals surface area (Å²) >= 11 is 0. The van der Waals surface area contributed by atoms with E-state index in [9.17, 15) is 4.79 Å². The number of hydrogen-bond acceptors (Lipinski definition) is 2. The Labute approximate surface area is 80.7 Å². The average Bonchev–Trinajstić information content (AvgIpc) is 2.13. The Balaban J connectivity index is 2.65. The number of amides is 1. The van der Waals surface area contributed by atoms with Gasteiger partial charge in [-0.15, -0.1) is 0 Å². The molecule has 0 spiro atoms. The highest BCUT2D eigenvalue weighted by molar-refractivity contribution is 5.78. The van der Waals surface area contributed by atoms with E-state index < -0.39 is 0 Å². The van der Waals surface area contributed by atoms with Gasteiger partial charge in [-0.25, -0.2) is 0 Å². The van der Waals surface area contributed by atoms with E-state index in [0.29, 0.717) is 6.54 Å². The first-order valence-electron chi connectivity index (χ1n) is 4.90. The summed E-state index contributed by atoms with van der Waals surface area (Å²) < 4.78 is 0. The average molecular weight is 184 g/mol. The largest absolute Gasteiger partial charge is 0.345 e. The van der Waals surface area contributed by atoms with Crippen LogP contribution in [-0.4, -0.2) is 47.9 Å². The fraction of sp³-hybridized carbons (Fsp3) is 0.900. The molecule has 1 saturated heterocycles. The summed E-state index contributed by atoms with van der Waals surface area (Å²) in [4.78, 5) is 15.6. The summed E-state index contributed by atoms with van der Waals surface area (Å²) in [6.45, 7) is 8.97. The van der Waals surface area contributed by atoms with Gasteiger partial charge in [-0.2, -0.15) is 0 Å². The third-order valence-electron chi connectivity index (χ3n) is 2.62. The summed E-state index contributed by atoms with van der Waals surface area (Å²) in [7, 11) is 1.88. The van der Waals surface area contributed by atoms with Gasteiger partial charge in [-0.1, -0.05) is 0 Å². The molecule has 0 N–H and O–H groups in total. The fourth-order valence-electron chi connectivity index (χ4n) is 1.56. The van der Waals surface area contributed by atoms with Gasteiger partial charge in [0.1, 0.15) is 0 Å². The first kappa shape index (κ1) is 10.5. The second-order valence-corrected chi connectivity index (χ2v) is 4.76. The zero-order valence-corrected chi connectivity index (χ0v) is 9.13. The van der Waals surface area contributed by atoms with Gasteiger partial charge in [0.25, 0.3) is 0 Å². The molecule has 1 fully saturated rings. The molecule has 76 valence electrons. The highest BCUT2D eigenvalue weighted by Crippen LogP contribution is 2.15. The van der Waals surface area contributed by atoms with E-state index in [4.69, 9.17) is 0 Å². The van der Waals surface area contributed by atoms with E-state index in [0.717, 1.165) is 19.5 Å². The first-order valence-corrected chi connectivity index (χ1v) is 4.90. The summed E-state index contributed by atoms with van der Waals surface area (Å²) in [5, 5.41) is 0. The predicted molar refractivity (Wildman–Crippen MR) is 53.6 cm³/mol. The number of rotatable bonds is 0. The Kier molecular flexibility index (Phi) is 2.96. The van der Waals surface area contributed by atoms with Crippen LogP contribution in [0.4, 0.5) is 0 Å². The zero-order chi connectivity index (χ0) is 10.1. The molecule has 0 bridgehead atoms. The second kappa shape index (κ2) is 3.66. The van der Waals surface area contributed by atoms with Crippen LogP contribution in [0.1, 0.15) is 27.2 Å². The van der Waals surface area contributed by atoms with Gasteiger partial charge >= 0.3 is 0 Å². The molecule has 1 aliphatic heterocycles. The van der Waals surface area contributed by atoms with E-state index in [2.05, 4.69) is 25.7 Å². The summed E-state index contributed by atoms with van der Waals surface area (Å²) in [5.41, 5.74) is 0.112. The van der Waals surface area contributed by atoms with Gasteiger partial charge in [0.2, 0.25) is 5.91 Å². The van der Waals surface area contributed by atoms with Crippen LogP contribution in [0, 0.1) is 0 Å². The highest BCUT2D eigenvalue weighted by Gasteiger charge is 2.26. The number of nitrogens with zero attached hydrogens (tertiary/aromatic N) is 2. The maximum atomic E-state index is 11.6. The molecule has 3 heteroatoms. The Bertz CT molecular complexity index is 196. The van der Waals surface area contributed by atoms with Crippen molar-refractivity contribution in [3.63, 3.8) is 0 Å². The molecule has 0 aromatic rings. The van der Waals surface area contributed by atoms with Gasteiger partial charge in [0.15, 0.2) is 0 Å². The van der Waals surface area contributed by atoms with Gasteiger partial charge < -0.3 is 4.90 Å². The third kappa shape index (κ3) is 2.69. The van der Waals surface area contributed by atoms with Gasteiger partial charge in [0, 0.05) is 25.7 Å². The first-order chi connectivity index (χ1) is 5.91. The quantitative estimate of drug-likeness (QED) is 0.559. The minimum absolute atomic E-state index is 0.112. The van der Waals surface area contributed by atoms with Crippen LogP contribution >= 0.6 is 0 Å². The van der Waals surface area contributed by atoms with Crippen molar-refractivity contribution in [3.8, 4) is 0 Å². The van der Waals surface area contributed by atoms with Crippen molar-refractivity contribution >= 4 is 5.91 Å². The van der Waals surface area contributed by atoms with Crippen molar-refractivity contribution in [2.24, 2.45) is 0 Å². The smallest absolute Gasteiger partial charge is 0.236 e. The van der Waals surface area contributed by atoms with Crippen molar-refractivity contribution in [1.29, 1.82) is 0 Å². The minimum Gasteiger partial charge on any atom is -0.345 e. The third-order valence-corrected chi connectivity index (χ3v) is 2.62. The van der Waals surface area contributed by atoms with Crippen LogP contribution in [0.2, 0.25) is 0 Å². The Hall–Kier alpha value is -0.570. The Morgan fingerprint density at radius 2 is 1.85 bits per heavy atom. The molecule has 0 saturated carbocycles. The molecule has 1 aliphatic rings. The number of hydrogen-bond donors (Lipinski definition) is 0. The molecular formula is C10H20N2O. The van der Waals surface area contributed by atoms with Crippen molar-refractivity contribution in [2.45, 2.75) is 32.7 Å². The lowest BCUT2D eigenvalue weighted by atomic mass is 10.1. The molecule has 0 unspecified atom stereocenters. The SMILES string of the molecule is CN1CCCN(C(C)(C)C)CC1=O. The molecule has 0 aromatic heterocycles. The maximum Gasteiger partial charge on any atom is 0.236 e. The van der Waals surface area contributed by atoms with Crippen molar-refractivity contribution < 1.29 is 4.79 Å². The highest BCUT2D eigenvalue weighted by atomic mass is 16.2. The van der Waals surface area contributed by atoms with Crippen LogP contribution in [0.15, 0.2) is 0 Å². The molecule has 0 radical (unpaired) electrons. The Morgan fingerprint density at radius 3 is 2.38 bits per heavy atom. The monoisotopic (exact) mass is 184 g/mol. The van der Waals surface area contributed by atoms with E-state index in [1.807, 2.05) is 11.9 Å². The van der Waals surface area contributed by atoms with Crippen molar-refractivity contribution in [2.75, 3.05) is 26.7 Å². The van der Waals surface area contributed by atoms with Gasteiger partial charge in [-0.3, -0.25) is 9.69 Å². The van der Waals surface area contributed by atoms with E-state index in [-0.39, 0.29) is 11.4 Å². The minimum atomic E-state index is 0.112. The summed E-state index contributed by atoms with van der Waals surface area (Å²) in [5.74, 6) is 0.243. The number of likely N-dealkylation sites (N-methyl/N-ethyl adjacent to an activating group) is 1. The summed E-state index contributed by atoms with van der Waals surface area (Å²) in [6.07, 6.45) is 1.08. The van der Waals surface area contributed by atoms with Crippen LogP contribution < -0.4 is 0 Å². The van der Waals surface area contributed by atoms with Crippen LogP contribution in [0.3, 0.4) is 0 Å². The summed E-state index contributed by atoms with van der Waals surface area (Å²) in [6, 6.07) is 0.